The number of nitrogens with two attached hydrogens (primary N) is 1. The zero-order valence-electron chi connectivity index (χ0n) is 12.8. The maximum atomic E-state index is 11.3. The van der Waals surface area contributed by atoms with Crippen LogP contribution in [0.4, 0.5) is 0 Å². The van der Waals surface area contributed by atoms with E-state index >= 15 is 0 Å². The second-order valence-corrected chi connectivity index (χ2v) is 5.18. The Morgan fingerprint density at radius 3 is 2.38 bits per heavy atom. The van der Waals surface area contributed by atoms with Gasteiger partial charge in [0.1, 0.15) is 0 Å². The Labute approximate surface area is 137 Å². The summed E-state index contributed by atoms with van der Waals surface area (Å²) in [5.74, 6) is -0.0153. The molecule has 3 aromatic rings. The van der Waals surface area contributed by atoms with Crippen molar-refractivity contribution in [1.29, 1.82) is 0 Å². The van der Waals surface area contributed by atoms with Crippen LogP contribution in [0.3, 0.4) is 0 Å². The van der Waals surface area contributed by atoms with Crippen molar-refractivity contribution in [3.63, 3.8) is 0 Å². The van der Waals surface area contributed by atoms with Gasteiger partial charge in [-0.05, 0) is 28.5 Å². The normalized spacial score (nSPS) is 10.6. The van der Waals surface area contributed by atoms with E-state index in [1.54, 1.807) is 29.7 Å². The fourth-order valence-corrected chi connectivity index (χ4v) is 2.21. The molecule has 4 N–H and O–H groups in total. The highest BCUT2D eigenvalue weighted by Crippen LogP contribution is 2.14. The molecule has 24 heavy (non-hydrogen) atoms. The van der Waals surface area contributed by atoms with Crippen LogP contribution in [0.2, 0.25) is 0 Å². The Morgan fingerprint density at radius 1 is 1.08 bits per heavy atom. The van der Waals surface area contributed by atoms with Crippen molar-refractivity contribution in [2.24, 2.45) is 5.73 Å². The molecule has 0 spiro atoms. The molecule has 0 unspecified atom stereocenters. The standard InChI is InChI=1S/C16H16N6O2/c17-9-11-1-5-13(6-2-11)15-18-21-22(19-15)10-12-3-7-14(8-4-12)16(23)20-24/h1-8,24H,9-10,17H2,(H,20,23). The average Bonchev–Trinajstić information content (AvgIpc) is 3.10. The summed E-state index contributed by atoms with van der Waals surface area (Å²) in [6, 6.07) is 14.4. The number of tetrazole rings is 1. The van der Waals surface area contributed by atoms with Crippen LogP contribution in [-0.2, 0) is 13.1 Å². The van der Waals surface area contributed by atoms with E-state index < -0.39 is 5.91 Å². The van der Waals surface area contributed by atoms with E-state index in [0.29, 0.717) is 24.5 Å². The van der Waals surface area contributed by atoms with Gasteiger partial charge >= 0.3 is 0 Å². The van der Waals surface area contributed by atoms with Crippen molar-refractivity contribution in [3.8, 4) is 11.4 Å². The number of rotatable bonds is 5. The summed E-state index contributed by atoms with van der Waals surface area (Å²) in [6.45, 7) is 0.916. The first kappa shape index (κ1) is 15.8. The lowest BCUT2D eigenvalue weighted by Crippen LogP contribution is -2.18. The molecule has 3 rings (SSSR count). The number of amides is 1. The largest absolute Gasteiger partial charge is 0.326 e. The Bertz CT molecular complexity index is 827. The SMILES string of the molecule is NCc1ccc(-c2nnn(Cc3ccc(C(=O)NO)cc3)n2)cc1. The summed E-state index contributed by atoms with van der Waals surface area (Å²) in [4.78, 5) is 12.8. The van der Waals surface area contributed by atoms with E-state index in [1.807, 2.05) is 24.3 Å². The highest BCUT2D eigenvalue weighted by atomic mass is 16.5. The van der Waals surface area contributed by atoms with Gasteiger partial charge in [-0.15, -0.1) is 10.2 Å². The monoisotopic (exact) mass is 324 g/mol. The number of hydrogen-bond donors (Lipinski definition) is 3. The minimum absolute atomic E-state index is 0.369. The van der Waals surface area contributed by atoms with Gasteiger partial charge in [-0.1, -0.05) is 36.4 Å². The molecule has 0 aliphatic rings. The van der Waals surface area contributed by atoms with Crippen LogP contribution in [0.5, 0.6) is 0 Å². The lowest BCUT2D eigenvalue weighted by atomic mass is 10.1. The van der Waals surface area contributed by atoms with Gasteiger partial charge in [0.05, 0.1) is 6.54 Å². The van der Waals surface area contributed by atoms with Crippen molar-refractivity contribution in [2.75, 3.05) is 0 Å². The summed E-state index contributed by atoms with van der Waals surface area (Å²) in [5, 5.41) is 21.0. The van der Waals surface area contributed by atoms with E-state index in [0.717, 1.165) is 16.7 Å². The van der Waals surface area contributed by atoms with Crippen LogP contribution in [0.25, 0.3) is 11.4 Å². The van der Waals surface area contributed by atoms with E-state index in [-0.39, 0.29) is 0 Å². The number of nitrogens with zero attached hydrogens (tertiary/aromatic N) is 4. The zero-order chi connectivity index (χ0) is 16.9. The zero-order valence-corrected chi connectivity index (χ0v) is 12.8. The van der Waals surface area contributed by atoms with Crippen LogP contribution >= 0.6 is 0 Å². The molecule has 1 heterocycles. The van der Waals surface area contributed by atoms with Gasteiger partial charge < -0.3 is 5.73 Å². The number of hydrogen-bond acceptors (Lipinski definition) is 6. The Balaban J connectivity index is 1.72. The van der Waals surface area contributed by atoms with E-state index in [4.69, 9.17) is 10.9 Å². The van der Waals surface area contributed by atoms with Crippen LogP contribution in [0, 0.1) is 0 Å². The van der Waals surface area contributed by atoms with Gasteiger partial charge in [0.2, 0.25) is 5.82 Å². The molecule has 122 valence electrons. The molecule has 0 aliphatic carbocycles. The number of carbonyl (C=O) groups is 1. The number of hydroxylamine groups is 1. The molecule has 0 fully saturated rings. The van der Waals surface area contributed by atoms with Gasteiger partial charge in [-0.2, -0.15) is 4.80 Å². The quantitative estimate of drug-likeness (QED) is 0.475. The van der Waals surface area contributed by atoms with Gasteiger partial charge in [0.25, 0.3) is 5.91 Å². The first-order valence-corrected chi connectivity index (χ1v) is 7.30. The van der Waals surface area contributed by atoms with Crippen molar-refractivity contribution < 1.29 is 10.0 Å². The smallest absolute Gasteiger partial charge is 0.274 e. The van der Waals surface area contributed by atoms with Crippen molar-refractivity contribution in [3.05, 3.63) is 65.2 Å². The fourth-order valence-electron chi connectivity index (χ4n) is 2.21. The van der Waals surface area contributed by atoms with Crippen molar-refractivity contribution in [1.82, 2.24) is 25.7 Å². The average molecular weight is 324 g/mol. The number of nitrogens with one attached hydrogen (secondary N) is 1. The second-order valence-electron chi connectivity index (χ2n) is 5.18. The Morgan fingerprint density at radius 2 is 1.75 bits per heavy atom. The third kappa shape index (κ3) is 3.45. The van der Waals surface area contributed by atoms with Gasteiger partial charge in [-0.25, -0.2) is 5.48 Å². The van der Waals surface area contributed by atoms with E-state index in [1.165, 1.54) is 4.80 Å². The van der Waals surface area contributed by atoms with Crippen molar-refractivity contribution in [2.45, 2.75) is 13.1 Å². The van der Waals surface area contributed by atoms with Gasteiger partial charge in [-0.3, -0.25) is 10.0 Å². The number of carbonyl (C=O) groups excluding carboxylic acids is 1. The molecular formula is C16H16N6O2. The predicted molar refractivity (Wildman–Crippen MR) is 85.9 cm³/mol. The Kier molecular flexibility index (Phi) is 4.59. The molecule has 0 aliphatic heterocycles. The molecule has 1 aromatic heterocycles. The molecular weight excluding hydrogens is 308 g/mol. The van der Waals surface area contributed by atoms with Gasteiger partial charge in [0, 0.05) is 17.7 Å². The number of benzene rings is 2. The fraction of sp³-hybridized carbons (Fsp3) is 0.125. The second kappa shape index (κ2) is 6.99. The third-order valence-electron chi connectivity index (χ3n) is 3.54. The molecule has 8 heteroatoms. The summed E-state index contributed by atoms with van der Waals surface area (Å²) in [7, 11) is 0. The molecule has 0 atom stereocenters. The highest BCUT2D eigenvalue weighted by Gasteiger charge is 2.07. The lowest BCUT2D eigenvalue weighted by molar-refractivity contribution is 0.0706. The third-order valence-corrected chi connectivity index (χ3v) is 3.54. The Hall–Kier alpha value is -3.10. The van der Waals surface area contributed by atoms with Gasteiger partial charge in [0.15, 0.2) is 0 Å². The van der Waals surface area contributed by atoms with E-state index in [9.17, 15) is 4.79 Å². The van der Waals surface area contributed by atoms with E-state index in [2.05, 4.69) is 15.4 Å². The van der Waals surface area contributed by atoms with Crippen LogP contribution in [0.1, 0.15) is 21.5 Å². The predicted octanol–water partition coefficient (Wildman–Crippen LogP) is 0.966. The maximum Gasteiger partial charge on any atom is 0.274 e. The topological polar surface area (TPSA) is 119 Å². The molecule has 0 saturated carbocycles. The molecule has 2 aromatic carbocycles. The van der Waals surface area contributed by atoms with Crippen LogP contribution < -0.4 is 11.2 Å². The minimum atomic E-state index is -0.552. The number of aromatic nitrogens is 4. The summed E-state index contributed by atoms with van der Waals surface area (Å²) < 4.78 is 0. The molecule has 0 bridgehead atoms. The summed E-state index contributed by atoms with van der Waals surface area (Å²) in [5.41, 5.74) is 10.4. The first-order valence-electron chi connectivity index (χ1n) is 7.30. The molecule has 8 nitrogen and oxygen atoms in total. The molecule has 0 saturated heterocycles. The molecule has 1 amide bonds. The highest BCUT2D eigenvalue weighted by molar-refractivity contribution is 5.93. The lowest BCUT2D eigenvalue weighted by Gasteiger charge is -2.02. The van der Waals surface area contributed by atoms with Crippen LogP contribution in [-0.4, -0.2) is 31.3 Å². The first-order chi connectivity index (χ1) is 11.7. The van der Waals surface area contributed by atoms with Crippen molar-refractivity contribution >= 4 is 5.91 Å². The van der Waals surface area contributed by atoms with Crippen LogP contribution in [0.15, 0.2) is 48.5 Å². The maximum absolute atomic E-state index is 11.3. The summed E-state index contributed by atoms with van der Waals surface area (Å²) >= 11 is 0. The minimum Gasteiger partial charge on any atom is -0.326 e. The summed E-state index contributed by atoms with van der Waals surface area (Å²) in [6.07, 6.45) is 0. The molecule has 0 radical (unpaired) electrons.